The summed E-state index contributed by atoms with van der Waals surface area (Å²) < 4.78 is 1.36. The second-order valence-corrected chi connectivity index (χ2v) is 3.30. The maximum atomic E-state index is 7.50. The normalized spacial score (nSPS) is 23.2. The predicted molar refractivity (Wildman–Crippen MR) is 41.5 cm³/mol. The molecule has 1 aliphatic rings. The van der Waals surface area contributed by atoms with Gasteiger partial charge < -0.3 is 0 Å². The van der Waals surface area contributed by atoms with Crippen molar-refractivity contribution in [3.05, 3.63) is 10.5 Å². The van der Waals surface area contributed by atoms with E-state index in [-0.39, 0.29) is 0 Å². The van der Waals surface area contributed by atoms with Crippen LogP contribution in [0, 0.1) is 0 Å². The van der Waals surface area contributed by atoms with Gasteiger partial charge in [0, 0.05) is 0 Å². The first-order chi connectivity index (χ1) is 5.39. The van der Waals surface area contributed by atoms with Gasteiger partial charge in [0.05, 0.1) is 0 Å². The molecule has 0 aromatic carbocycles. The van der Waals surface area contributed by atoms with E-state index in [1.165, 1.54) is 43.0 Å². The summed E-state index contributed by atoms with van der Waals surface area (Å²) in [6.45, 7) is 4.50. The molecule has 0 aromatic rings. The summed E-state index contributed by atoms with van der Waals surface area (Å²) in [5.41, 5.74) is 0. The Labute approximate surface area is 77.1 Å². The van der Waals surface area contributed by atoms with E-state index in [4.69, 9.17) is 4.79 Å². The zero-order valence-electron chi connectivity index (χ0n) is 6.58. The molecule has 0 spiro atoms. The summed E-state index contributed by atoms with van der Waals surface area (Å²) in [6.07, 6.45) is 10.4. The Morgan fingerprint density at radius 1 is 1.18 bits per heavy atom. The standard InChI is InChI=1S/C8H13.CO.Fe/c1-2-4-6-8-7-5-3-1;1-2;/h1H,2,4-8H2;;. The molecule has 1 nitrogen and oxygen atoms in total. The summed E-state index contributed by atoms with van der Waals surface area (Å²) in [5.74, 6) is 0. The van der Waals surface area contributed by atoms with Crippen LogP contribution in [0.25, 0.3) is 0 Å². The molecule has 2 radical (unpaired) electrons. The van der Waals surface area contributed by atoms with Crippen molar-refractivity contribution in [3.63, 3.8) is 0 Å². The second-order valence-electron chi connectivity index (χ2n) is 2.59. The van der Waals surface area contributed by atoms with E-state index in [1.807, 2.05) is 0 Å². The predicted octanol–water partition coefficient (Wildman–Crippen LogP) is 2.37. The fourth-order valence-electron chi connectivity index (χ4n) is 1.14. The van der Waals surface area contributed by atoms with Crippen molar-refractivity contribution in [2.45, 2.75) is 38.5 Å². The van der Waals surface area contributed by atoms with E-state index in [2.05, 4.69) is 28.9 Å². The van der Waals surface area contributed by atoms with Crippen LogP contribution in [-0.2, 0) is 20.8 Å². The van der Waals surface area contributed by atoms with Crippen molar-refractivity contribution in [2.75, 3.05) is 0 Å². The number of hydrogen-bond donors (Lipinski definition) is 0. The summed E-state index contributed by atoms with van der Waals surface area (Å²) in [6, 6.07) is 0. The molecule has 0 amide bonds. The van der Waals surface area contributed by atoms with Crippen LogP contribution in [0.4, 0.5) is 0 Å². The average molecular weight is 193 g/mol. The first-order valence-electron chi connectivity index (χ1n) is 3.93. The van der Waals surface area contributed by atoms with Crippen molar-refractivity contribution >= 4 is 6.79 Å². The van der Waals surface area contributed by atoms with Gasteiger partial charge in [-0.05, 0) is 0 Å². The van der Waals surface area contributed by atoms with Crippen molar-refractivity contribution in [1.29, 1.82) is 0 Å². The van der Waals surface area contributed by atoms with Crippen LogP contribution < -0.4 is 0 Å². The van der Waals surface area contributed by atoms with Gasteiger partial charge >= 0.3 is 65.1 Å². The van der Waals surface area contributed by atoms with E-state index < -0.39 is 0 Å². The Morgan fingerprint density at radius 3 is 2.55 bits per heavy atom. The van der Waals surface area contributed by atoms with Gasteiger partial charge in [-0.25, -0.2) is 0 Å². The molecule has 0 saturated carbocycles. The summed E-state index contributed by atoms with van der Waals surface area (Å²) in [7, 11) is 0. The van der Waals surface area contributed by atoms with Crippen LogP contribution in [0.15, 0.2) is 10.5 Å². The quantitative estimate of drug-likeness (QED) is 0.539. The third-order valence-electron chi connectivity index (χ3n) is 1.72. The van der Waals surface area contributed by atoms with E-state index >= 15 is 0 Å². The summed E-state index contributed by atoms with van der Waals surface area (Å²) in [5, 5.41) is 0. The molecule has 0 saturated heterocycles. The Morgan fingerprint density at radius 2 is 1.82 bits per heavy atom. The monoisotopic (exact) mass is 193 g/mol. The van der Waals surface area contributed by atoms with Crippen LogP contribution in [0.3, 0.4) is 0 Å². The van der Waals surface area contributed by atoms with Crippen molar-refractivity contribution < 1.29 is 20.8 Å². The average Bonchev–Trinajstić information content (AvgIpc) is 2.01. The third-order valence-corrected chi connectivity index (χ3v) is 2.23. The van der Waals surface area contributed by atoms with E-state index in [1.54, 1.807) is 0 Å². The summed E-state index contributed by atoms with van der Waals surface area (Å²) >= 11 is 3.96. The fraction of sp³-hybridized carbons (Fsp3) is 0.667. The fourth-order valence-corrected chi connectivity index (χ4v) is 1.50. The van der Waals surface area contributed by atoms with Crippen LogP contribution in [0.5, 0.6) is 0 Å². The third kappa shape index (κ3) is 6.33. The van der Waals surface area contributed by atoms with Crippen molar-refractivity contribution in [3.8, 4) is 0 Å². The maximum absolute atomic E-state index is 7.50. The minimum atomic E-state index is 1.24. The molecule has 63 valence electrons. The van der Waals surface area contributed by atoms with Gasteiger partial charge in [-0.2, -0.15) is 0 Å². The minimum absolute atomic E-state index is 1.24. The molecule has 0 atom stereocenters. The molecule has 1 rings (SSSR count). The number of rotatable bonds is 0. The van der Waals surface area contributed by atoms with Crippen LogP contribution in [0.2, 0.25) is 0 Å². The Kier molecular flexibility index (Phi) is 7.98. The second kappa shape index (κ2) is 8.03. The number of carbonyl (C=O) groups excluding carboxylic acids is 1. The van der Waals surface area contributed by atoms with Gasteiger partial charge in [-0.1, -0.05) is 0 Å². The molecule has 0 heterocycles. The van der Waals surface area contributed by atoms with Gasteiger partial charge in [0.1, 0.15) is 0 Å². The Hall–Kier alpha value is -0.0705. The number of hydrogen-bond acceptors (Lipinski definition) is 1. The molecule has 0 aromatic heterocycles. The van der Waals surface area contributed by atoms with Gasteiger partial charge in [0.2, 0.25) is 0 Å². The molecular formula is C9H13FeO. The Balaban J connectivity index is 0.000000461. The first-order valence-corrected chi connectivity index (χ1v) is 4.48. The van der Waals surface area contributed by atoms with Gasteiger partial charge in [0.25, 0.3) is 6.79 Å². The van der Waals surface area contributed by atoms with Crippen LogP contribution in [-0.4, -0.2) is 6.79 Å². The van der Waals surface area contributed by atoms with Crippen molar-refractivity contribution in [1.82, 2.24) is 0 Å². The number of allylic oxidation sites excluding steroid dienone is 2. The van der Waals surface area contributed by atoms with E-state index in [0.717, 1.165) is 0 Å². The molecular weight excluding hydrogens is 180 g/mol. The molecule has 0 fully saturated rings. The summed E-state index contributed by atoms with van der Waals surface area (Å²) in [4.78, 5) is 7.50. The van der Waals surface area contributed by atoms with Crippen LogP contribution >= 0.6 is 0 Å². The zero-order chi connectivity index (χ0) is 8.53. The molecule has 11 heavy (non-hydrogen) atoms. The SMILES string of the molecule is [C]=O.[Fe]/[C]1=C/CCCCCC1. The molecule has 0 N–H and O–H groups in total. The molecule has 1 aliphatic carbocycles. The molecule has 2 heteroatoms. The zero-order valence-corrected chi connectivity index (χ0v) is 7.69. The molecule has 0 aliphatic heterocycles. The first kappa shape index (κ1) is 10.9. The van der Waals surface area contributed by atoms with Gasteiger partial charge in [-0.3, -0.25) is 4.79 Å². The van der Waals surface area contributed by atoms with E-state index in [0.29, 0.717) is 0 Å². The van der Waals surface area contributed by atoms with Crippen molar-refractivity contribution in [2.24, 2.45) is 0 Å². The molecule has 0 bridgehead atoms. The van der Waals surface area contributed by atoms with Gasteiger partial charge in [0.15, 0.2) is 0 Å². The topological polar surface area (TPSA) is 17.1 Å². The Bertz CT molecular complexity index is 121. The van der Waals surface area contributed by atoms with E-state index in [9.17, 15) is 0 Å². The molecule has 0 unspecified atom stereocenters. The van der Waals surface area contributed by atoms with Gasteiger partial charge in [-0.15, -0.1) is 0 Å². The van der Waals surface area contributed by atoms with Crippen LogP contribution in [0.1, 0.15) is 38.5 Å².